The van der Waals surface area contributed by atoms with Gasteiger partial charge >= 0.3 is 6.09 Å². The Hall–Kier alpha value is -3.58. The van der Waals surface area contributed by atoms with Crippen LogP contribution in [0.4, 0.5) is 4.79 Å². The monoisotopic (exact) mass is 498 g/mol. The van der Waals surface area contributed by atoms with Crippen molar-refractivity contribution < 1.29 is 14.3 Å². The van der Waals surface area contributed by atoms with Gasteiger partial charge in [-0.15, -0.1) is 0 Å². The second-order valence-electron chi connectivity index (χ2n) is 10.2. The number of carbonyl (C=O) groups excluding carboxylic acids is 1. The van der Waals surface area contributed by atoms with Gasteiger partial charge in [0.1, 0.15) is 12.8 Å². The third kappa shape index (κ3) is 5.42. The average Bonchev–Trinajstić information content (AvgIpc) is 3.61. The maximum absolute atomic E-state index is 12.5. The lowest BCUT2D eigenvalue weighted by Crippen LogP contribution is -2.39. The summed E-state index contributed by atoms with van der Waals surface area (Å²) in [4.78, 5) is 14.3. The van der Waals surface area contributed by atoms with E-state index in [-0.39, 0.29) is 12.3 Å². The van der Waals surface area contributed by atoms with Gasteiger partial charge in [-0.2, -0.15) is 5.10 Å². The fraction of sp³-hybridized carbons (Fsp3) is 0.400. The lowest BCUT2D eigenvalue weighted by atomic mass is 9.97. The summed E-state index contributed by atoms with van der Waals surface area (Å²) >= 11 is 0. The molecule has 7 heteroatoms. The Morgan fingerprint density at radius 1 is 1.00 bits per heavy atom. The molecule has 1 amide bonds. The second-order valence-corrected chi connectivity index (χ2v) is 10.2. The fourth-order valence-corrected chi connectivity index (χ4v) is 5.50. The van der Waals surface area contributed by atoms with E-state index in [1.54, 1.807) is 0 Å². The van der Waals surface area contributed by atoms with Crippen molar-refractivity contribution in [3.63, 3.8) is 0 Å². The van der Waals surface area contributed by atoms with Crippen LogP contribution in [0, 0.1) is 5.92 Å². The van der Waals surface area contributed by atoms with E-state index in [1.807, 2.05) is 46.1 Å². The van der Waals surface area contributed by atoms with Crippen LogP contribution in [-0.4, -0.2) is 45.0 Å². The highest BCUT2D eigenvalue weighted by Crippen LogP contribution is 2.29. The van der Waals surface area contributed by atoms with Crippen molar-refractivity contribution in [2.75, 3.05) is 19.7 Å². The molecule has 4 heterocycles. The molecule has 1 atom stereocenters. The Labute approximate surface area is 217 Å². The van der Waals surface area contributed by atoms with E-state index < -0.39 is 0 Å². The van der Waals surface area contributed by atoms with Crippen LogP contribution in [0.15, 0.2) is 73.2 Å². The largest absolute Gasteiger partial charge is 0.445 e. The lowest BCUT2D eigenvalue weighted by Gasteiger charge is -2.31. The number of hydrogen-bond donors (Lipinski definition) is 0. The molecule has 2 fully saturated rings. The molecular weight excluding hydrogens is 464 g/mol. The predicted octanol–water partition coefficient (Wildman–Crippen LogP) is 6.25. The third-order valence-corrected chi connectivity index (χ3v) is 7.69. The minimum absolute atomic E-state index is 0.0597. The summed E-state index contributed by atoms with van der Waals surface area (Å²) in [5.41, 5.74) is 4.56. The summed E-state index contributed by atoms with van der Waals surface area (Å²) in [6, 6.07) is 18.7. The first-order chi connectivity index (χ1) is 18.2. The number of aromatic nitrogens is 3. The molecule has 192 valence electrons. The zero-order chi connectivity index (χ0) is 25.0. The topological polar surface area (TPSA) is 61.5 Å². The number of piperidine rings is 1. The van der Waals surface area contributed by atoms with Crippen LogP contribution in [0.2, 0.25) is 0 Å². The van der Waals surface area contributed by atoms with Crippen LogP contribution in [0.25, 0.3) is 22.0 Å². The molecule has 2 aliphatic rings. The maximum Gasteiger partial charge on any atom is 0.410 e. The Morgan fingerprint density at radius 3 is 2.68 bits per heavy atom. The molecule has 6 rings (SSSR count). The van der Waals surface area contributed by atoms with Gasteiger partial charge in [0.2, 0.25) is 0 Å². The standard InChI is InChI=1S/C30H34N4O3/c35-30(37-22-24-6-2-1-3-7-24)32-14-11-23(12-15-32)20-33-16-13-26-18-25(9-10-28(26)33)27-19-31-34(21-27)29-8-4-5-17-36-29/h1-3,6-7,9-10,13,16,18-19,21,23,29H,4-5,8,11-12,14-15,17,20,22H2. The van der Waals surface area contributed by atoms with Crippen LogP contribution in [0.5, 0.6) is 0 Å². The first-order valence-electron chi connectivity index (χ1n) is 13.4. The van der Waals surface area contributed by atoms with Crippen LogP contribution in [0.1, 0.15) is 43.9 Å². The van der Waals surface area contributed by atoms with Gasteiger partial charge in [0.15, 0.2) is 0 Å². The maximum atomic E-state index is 12.5. The number of carbonyl (C=O) groups is 1. The average molecular weight is 499 g/mol. The number of amides is 1. The van der Waals surface area contributed by atoms with Gasteiger partial charge in [-0.05, 0) is 67.3 Å². The van der Waals surface area contributed by atoms with Crippen LogP contribution in [0.3, 0.4) is 0 Å². The Balaban J connectivity index is 1.04. The molecule has 2 aliphatic heterocycles. The summed E-state index contributed by atoms with van der Waals surface area (Å²) in [5, 5.41) is 5.81. The van der Waals surface area contributed by atoms with E-state index in [0.717, 1.165) is 63.1 Å². The highest BCUT2D eigenvalue weighted by molar-refractivity contribution is 5.85. The summed E-state index contributed by atoms with van der Waals surface area (Å²) in [7, 11) is 0. The first kappa shape index (κ1) is 23.8. The normalized spacial score (nSPS) is 18.8. The molecule has 2 aromatic heterocycles. The van der Waals surface area contributed by atoms with Gasteiger partial charge in [-0.3, -0.25) is 0 Å². The van der Waals surface area contributed by atoms with Gasteiger partial charge in [0, 0.05) is 55.1 Å². The Morgan fingerprint density at radius 2 is 1.86 bits per heavy atom. The predicted molar refractivity (Wildman–Crippen MR) is 143 cm³/mol. The number of hydrogen-bond acceptors (Lipinski definition) is 4. The number of rotatable bonds is 6. The minimum atomic E-state index is -0.209. The second kappa shape index (κ2) is 10.8. The molecule has 37 heavy (non-hydrogen) atoms. The van der Waals surface area contributed by atoms with E-state index in [4.69, 9.17) is 9.47 Å². The zero-order valence-corrected chi connectivity index (χ0v) is 21.2. The number of likely N-dealkylation sites (tertiary alicyclic amines) is 1. The molecule has 0 bridgehead atoms. The van der Waals surface area contributed by atoms with Crippen molar-refractivity contribution in [2.24, 2.45) is 5.92 Å². The highest BCUT2D eigenvalue weighted by atomic mass is 16.6. The van der Waals surface area contributed by atoms with Crippen LogP contribution < -0.4 is 0 Å². The van der Waals surface area contributed by atoms with Gasteiger partial charge in [0.25, 0.3) is 0 Å². The SMILES string of the molecule is O=C(OCc1ccccc1)N1CCC(Cn2ccc3cc(-c4cnn(C5CCCCO5)c4)ccc32)CC1. The van der Waals surface area contributed by atoms with Gasteiger partial charge in [0.05, 0.1) is 6.20 Å². The molecule has 0 aliphatic carbocycles. The quantitative estimate of drug-likeness (QED) is 0.315. The molecular formula is C30H34N4O3. The molecule has 0 radical (unpaired) electrons. The van der Waals surface area contributed by atoms with Crippen molar-refractivity contribution in [3.05, 3.63) is 78.8 Å². The molecule has 1 unspecified atom stereocenters. The van der Waals surface area contributed by atoms with Crippen molar-refractivity contribution >= 4 is 17.0 Å². The van der Waals surface area contributed by atoms with Gasteiger partial charge < -0.3 is 18.9 Å². The Kier molecular flexibility index (Phi) is 6.95. The summed E-state index contributed by atoms with van der Waals surface area (Å²) in [5.74, 6) is 0.544. The molecule has 2 aromatic carbocycles. The van der Waals surface area contributed by atoms with Gasteiger partial charge in [-0.25, -0.2) is 9.48 Å². The van der Waals surface area contributed by atoms with E-state index in [9.17, 15) is 4.79 Å². The molecule has 7 nitrogen and oxygen atoms in total. The van der Waals surface area contributed by atoms with E-state index in [0.29, 0.717) is 12.5 Å². The van der Waals surface area contributed by atoms with Gasteiger partial charge in [-0.1, -0.05) is 36.4 Å². The van der Waals surface area contributed by atoms with Crippen molar-refractivity contribution in [3.8, 4) is 11.1 Å². The smallest absolute Gasteiger partial charge is 0.410 e. The molecule has 0 N–H and O–H groups in total. The molecule has 4 aromatic rings. The highest BCUT2D eigenvalue weighted by Gasteiger charge is 2.24. The summed E-state index contributed by atoms with van der Waals surface area (Å²) < 4.78 is 15.7. The zero-order valence-electron chi connectivity index (χ0n) is 21.2. The number of nitrogens with zero attached hydrogens (tertiary/aromatic N) is 4. The van der Waals surface area contributed by atoms with E-state index in [2.05, 4.69) is 46.3 Å². The number of fused-ring (bicyclic) bond motifs is 1. The third-order valence-electron chi connectivity index (χ3n) is 7.69. The van der Waals surface area contributed by atoms with Crippen molar-refractivity contribution in [1.29, 1.82) is 0 Å². The first-order valence-corrected chi connectivity index (χ1v) is 13.4. The van der Waals surface area contributed by atoms with E-state index >= 15 is 0 Å². The minimum Gasteiger partial charge on any atom is -0.445 e. The van der Waals surface area contributed by atoms with Crippen molar-refractivity contribution in [2.45, 2.75) is 51.5 Å². The lowest BCUT2D eigenvalue weighted by molar-refractivity contribution is -0.0394. The summed E-state index contributed by atoms with van der Waals surface area (Å²) in [6.07, 6.45) is 11.4. The van der Waals surface area contributed by atoms with Crippen LogP contribution >= 0.6 is 0 Å². The Bertz CT molecular complexity index is 1330. The van der Waals surface area contributed by atoms with E-state index in [1.165, 1.54) is 22.9 Å². The number of ether oxygens (including phenoxy) is 2. The fourth-order valence-electron chi connectivity index (χ4n) is 5.50. The van der Waals surface area contributed by atoms with Crippen LogP contribution in [-0.2, 0) is 22.6 Å². The van der Waals surface area contributed by atoms with Crippen molar-refractivity contribution in [1.82, 2.24) is 19.2 Å². The molecule has 2 saturated heterocycles. The summed E-state index contributed by atoms with van der Waals surface area (Å²) in [6.45, 7) is 3.60. The molecule has 0 saturated carbocycles. The number of benzene rings is 2. The molecule has 0 spiro atoms.